The molecule has 0 aromatic heterocycles. The Morgan fingerprint density at radius 1 is 1.00 bits per heavy atom. The first-order valence-electron chi connectivity index (χ1n) is 7.52. The van der Waals surface area contributed by atoms with Crippen molar-refractivity contribution in [2.75, 3.05) is 21.3 Å². The minimum Gasteiger partial charge on any atom is -0.507 e. The van der Waals surface area contributed by atoms with Crippen molar-refractivity contribution < 1.29 is 34.0 Å². The molecule has 0 saturated heterocycles. The SMILES string of the molecule is COc1cc(O)c2c(c1)O[C@@H](c1ccc(OC)c(OC)c1)[C@H](O)C2=O. The van der Waals surface area contributed by atoms with Gasteiger partial charge in [-0.15, -0.1) is 0 Å². The van der Waals surface area contributed by atoms with Gasteiger partial charge in [0.15, 0.2) is 23.7 Å². The Labute approximate surface area is 144 Å². The number of phenols is 1. The summed E-state index contributed by atoms with van der Waals surface area (Å²) in [7, 11) is 4.44. The average Bonchev–Trinajstić information content (AvgIpc) is 2.63. The number of phenolic OH excluding ortho intramolecular Hbond substituents is 1. The van der Waals surface area contributed by atoms with E-state index in [-0.39, 0.29) is 17.1 Å². The van der Waals surface area contributed by atoms with Gasteiger partial charge in [-0.2, -0.15) is 0 Å². The zero-order chi connectivity index (χ0) is 18.1. The smallest absolute Gasteiger partial charge is 0.202 e. The summed E-state index contributed by atoms with van der Waals surface area (Å²) in [5, 5.41) is 20.4. The molecule has 0 unspecified atom stereocenters. The van der Waals surface area contributed by atoms with Gasteiger partial charge < -0.3 is 29.2 Å². The second kappa shape index (κ2) is 6.52. The van der Waals surface area contributed by atoms with E-state index in [1.807, 2.05) is 0 Å². The van der Waals surface area contributed by atoms with Crippen LogP contribution in [0, 0.1) is 0 Å². The van der Waals surface area contributed by atoms with E-state index in [2.05, 4.69) is 0 Å². The van der Waals surface area contributed by atoms with Crippen molar-refractivity contribution in [3.05, 3.63) is 41.5 Å². The highest BCUT2D eigenvalue weighted by Crippen LogP contribution is 2.43. The van der Waals surface area contributed by atoms with Crippen LogP contribution in [0.3, 0.4) is 0 Å². The van der Waals surface area contributed by atoms with E-state index in [1.165, 1.54) is 33.5 Å². The van der Waals surface area contributed by atoms with Gasteiger partial charge in [0.25, 0.3) is 0 Å². The van der Waals surface area contributed by atoms with Crippen LogP contribution < -0.4 is 18.9 Å². The monoisotopic (exact) mass is 346 g/mol. The largest absolute Gasteiger partial charge is 0.507 e. The third-order valence-corrected chi connectivity index (χ3v) is 4.08. The summed E-state index contributed by atoms with van der Waals surface area (Å²) in [5.74, 6) is 0.522. The highest BCUT2D eigenvalue weighted by Gasteiger charge is 2.39. The fourth-order valence-electron chi connectivity index (χ4n) is 2.80. The molecule has 2 N–H and O–H groups in total. The number of aliphatic hydroxyl groups excluding tert-OH is 1. The lowest BCUT2D eigenvalue weighted by Crippen LogP contribution is -2.36. The van der Waals surface area contributed by atoms with E-state index in [0.29, 0.717) is 22.8 Å². The van der Waals surface area contributed by atoms with Crippen molar-refractivity contribution in [3.63, 3.8) is 0 Å². The molecule has 1 aliphatic rings. The fourth-order valence-corrected chi connectivity index (χ4v) is 2.80. The van der Waals surface area contributed by atoms with Crippen LogP contribution in [-0.4, -0.2) is 43.4 Å². The quantitative estimate of drug-likeness (QED) is 0.875. The highest BCUT2D eigenvalue weighted by atomic mass is 16.5. The minimum atomic E-state index is -1.47. The van der Waals surface area contributed by atoms with Crippen molar-refractivity contribution in [1.82, 2.24) is 0 Å². The molecule has 2 aromatic carbocycles. The number of hydrogen-bond acceptors (Lipinski definition) is 7. The van der Waals surface area contributed by atoms with Gasteiger partial charge in [0.2, 0.25) is 5.78 Å². The molecule has 1 heterocycles. The Hall–Kier alpha value is -2.93. The molecule has 0 spiro atoms. The molecule has 1 aliphatic heterocycles. The van der Waals surface area contributed by atoms with E-state index >= 15 is 0 Å². The van der Waals surface area contributed by atoms with Crippen LogP contribution in [0.1, 0.15) is 22.0 Å². The Morgan fingerprint density at radius 2 is 1.72 bits per heavy atom. The lowest BCUT2D eigenvalue weighted by atomic mass is 9.92. The molecule has 0 radical (unpaired) electrons. The van der Waals surface area contributed by atoms with Gasteiger partial charge in [0.05, 0.1) is 21.3 Å². The van der Waals surface area contributed by atoms with Crippen molar-refractivity contribution in [3.8, 4) is 28.7 Å². The maximum atomic E-state index is 12.5. The van der Waals surface area contributed by atoms with E-state index in [0.717, 1.165) is 0 Å². The van der Waals surface area contributed by atoms with Gasteiger partial charge in [-0.1, -0.05) is 6.07 Å². The van der Waals surface area contributed by atoms with Crippen molar-refractivity contribution in [2.45, 2.75) is 12.2 Å². The lowest BCUT2D eigenvalue weighted by Gasteiger charge is -2.30. The number of ether oxygens (including phenoxy) is 4. The van der Waals surface area contributed by atoms with Crippen molar-refractivity contribution in [2.24, 2.45) is 0 Å². The number of ketones is 1. The second-order valence-corrected chi connectivity index (χ2v) is 5.48. The number of rotatable bonds is 4. The van der Waals surface area contributed by atoms with Gasteiger partial charge in [-0.25, -0.2) is 0 Å². The molecule has 0 fully saturated rings. The van der Waals surface area contributed by atoms with E-state index < -0.39 is 18.0 Å². The predicted octanol–water partition coefficient (Wildman–Crippen LogP) is 2.10. The standard InChI is InChI=1S/C18H18O7/c1-22-10-7-11(19)15-14(8-10)25-18(17(21)16(15)20)9-4-5-12(23-2)13(6-9)24-3/h4-8,17-19,21H,1-3H3/t17-,18+/m1/s1. The van der Waals surface area contributed by atoms with Crippen LogP contribution in [0.25, 0.3) is 0 Å². The van der Waals surface area contributed by atoms with Crippen LogP contribution in [0.4, 0.5) is 0 Å². The third kappa shape index (κ3) is 2.83. The Bertz CT molecular complexity index is 815. The molecule has 0 amide bonds. The minimum absolute atomic E-state index is 0.0648. The van der Waals surface area contributed by atoms with Gasteiger partial charge in [-0.3, -0.25) is 4.79 Å². The number of methoxy groups -OCH3 is 3. The van der Waals surface area contributed by atoms with Gasteiger partial charge in [0, 0.05) is 12.1 Å². The van der Waals surface area contributed by atoms with E-state index in [4.69, 9.17) is 18.9 Å². The van der Waals surface area contributed by atoms with Crippen LogP contribution in [0.15, 0.2) is 30.3 Å². The van der Waals surface area contributed by atoms with Gasteiger partial charge in [0.1, 0.15) is 22.8 Å². The van der Waals surface area contributed by atoms with Crippen LogP contribution in [-0.2, 0) is 0 Å². The number of fused-ring (bicyclic) bond motifs is 1. The predicted molar refractivity (Wildman–Crippen MR) is 87.9 cm³/mol. The Morgan fingerprint density at radius 3 is 2.36 bits per heavy atom. The summed E-state index contributed by atoms with van der Waals surface area (Å²) in [6, 6.07) is 7.75. The summed E-state index contributed by atoms with van der Waals surface area (Å²) in [5.41, 5.74) is 0.469. The van der Waals surface area contributed by atoms with Crippen molar-refractivity contribution >= 4 is 5.78 Å². The zero-order valence-electron chi connectivity index (χ0n) is 14.0. The summed E-state index contributed by atoms with van der Waals surface area (Å²) >= 11 is 0. The maximum Gasteiger partial charge on any atom is 0.202 e. The topological polar surface area (TPSA) is 94.5 Å². The molecule has 3 rings (SSSR count). The summed E-state index contributed by atoms with van der Waals surface area (Å²) in [6.45, 7) is 0. The molecule has 2 aromatic rings. The fraction of sp³-hybridized carbons (Fsp3) is 0.278. The summed E-state index contributed by atoms with van der Waals surface area (Å²) in [6.07, 6.45) is -2.42. The molecule has 0 aliphatic carbocycles. The highest BCUT2D eigenvalue weighted by molar-refractivity contribution is 6.05. The number of aromatic hydroxyl groups is 1. The number of benzene rings is 2. The maximum absolute atomic E-state index is 12.5. The second-order valence-electron chi connectivity index (χ2n) is 5.48. The summed E-state index contributed by atoms with van der Waals surface area (Å²) < 4.78 is 21.3. The van der Waals surface area contributed by atoms with Crippen molar-refractivity contribution in [1.29, 1.82) is 0 Å². The number of Topliss-reactive ketones (excluding diaryl/α,β-unsaturated/α-hetero) is 1. The van der Waals surface area contributed by atoms with E-state index in [1.54, 1.807) is 18.2 Å². The molecule has 25 heavy (non-hydrogen) atoms. The summed E-state index contributed by atoms with van der Waals surface area (Å²) in [4.78, 5) is 12.5. The van der Waals surface area contributed by atoms with Crippen LogP contribution in [0.5, 0.6) is 28.7 Å². The van der Waals surface area contributed by atoms with Gasteiger partial charge >= 0.3 is 0 Å². The number of hydrogen-bond donors (Lipinski definition) is 2. The number of aliphatic hydroxyl groups is 1. The first-order chi connectivity index (χ1) is 12.0. The van der Waals surface area contributed by atoms with Crippen LogP contribution >= 0.6 is 0 Å². The molecule has 7 nitrogen and oxygen atoms in total. The normalized spacial score (nSPS) is 19.0. The molecule has 2 atom stereocenters. The lowest BCUT2D eigenvalue weighted by molar-refractivity contribution is 0.0210. The third-order valence-electron chi connectivity index (χ3n) is 4.08. The number of carbonyl (C=O) groups excluding carboxylic acids is 1. The molecular weight excluding hydrogens is 328 g/mol. The Kier molecular flexibility index (Phi) is 4.41. The number of carbonyl (C=O) groups is 1. The zero-order valence-corrected chi connectivity index (χ0v) is 14.0. The molecule has 7 heteroatoms. The van der Waals surface area contributed by atoms with E-state index in [9.17, 15) is 15.0 Å². The molecular formula is C18H18O7. The molecule has 0 bridgehead atoms. The average molecular weight is 346 g/mol. The van der Waals surface area contributed by atoms with Crippen LogP contribution in [0.2, 0.25) is 0 Å². The first-order valence-corrected chi connectivity index (χ1v) is 7.52. The first kappa shape index (κ1) is 16.9. The molecule has 132 valence electrons. The molecule has 0 saturated carbocycles. The van der Waals surface area contributed by atoms with Gasteiger partial charge in [-0.05, 0) is 17.7 Å². The Balaban J connectivity index is 2.05.